The Hall–Kier alpha value is -0.670. The normalized spacial score (nSPS) is 11.6. The summed E-state index contributed by atoms with van der Waals surface area (Å²) in [5.74, 6) is 1.19. The molecule has 2 heterocycles. The molecule has 86 valence electrons. The fourth-order valence-electron chi connectivity index (χ4n) is 1.45. The molecule has 0 N–H and O–H groups in total. The summed E-state index contributed by atoms with van der Waals surface area (Å²) in [6.45, 7) is 8.89. The van der Waals surface area contributed by atoms with E-state index in [0.29, 0.717) is 11.8 Å². The zero-order chi connectivity index (χ0) is 11.7. The molecule has 0 aromatic carbocycles. The molecule has 3 heteroatoms. The second-order valence-electron chi connectivity index (χ2n) is 4.58. The van der Waals surface area contributed by atoms with Crippen LogP contribution in [0.15, 0.2) is 18.3 Å². The minimum atomic E-state index is 0.579. The monoisotopic (exact) mass is 251 g/mol. The van der Waals surface area contributed by atoms with Crippen LogP contribution in [0.2, 0.25) is 0 Å². The summed E-state index contributed by atoms with van der Waals surface area (Å²) in [5.41, 5.74) is 0. The summed E-state index contributed by atoms with van der Waals surface area (Å²) >= 11 is 3.69. The topological polar surface area (TPSA) is 12.9 Å². The van der Waals surface area contributed by atoms with Gasteiger partial charge < -0.3 is 0 Å². The van der Waals surface area contributed by atoms with Gasteiger partial charge in [0.25, 0.3) is 0 Å². The molecule has 0 bridgehead atoms. The van der Waals surface area contributed by atoms with Gasteiger partial charge in [-0.05, 0) is 24.0 Å². The number of thiophene rings is 1. The molecule has 16 heavy (non-hydrogen) atoms. The number of nitrogens with zero attached hydrogens (tertiary/aromatic N) is 1. The number of thiazole rings is 1. The molecule has 0 unspecified atom stereocenters. The average Bonchev–Trinajstić information content (AvgIpc) is 2.86. The van der Waals surface area contributed by atoms with Gasteiger partial charge in [0.15, 0.2) is 0 Å². The minimum absolute atomic E-state index is 0.579. The van der Waals surface area contributed by atoms with Gasteiger partial charge in [-0.15, -0.1) is 22.7 Å². The Balaban J connectivity index is 2.28. The first-order valence-electron chi connectivity index (χ1n) is 5.63. The van der Waals surface area contributed by atoms with Crippen molar-refractivity contribution in [3.63, 3.8) is 0 Å². The van der Waals surface area contributed by atoms with Crippen molar-refractivity contribution in [2.75, 3.05) is 0 Å². The fraction of sp³-hybridized carbons (Fsp3) is 0.462. The van der Waals surface area contributed by atoms with E-state index >= 15 is 0 Å². The first-order valence-corrected chi connectivity index (χ1v) is 7.27. The molecule has 0 spiro atoms. The fourth-order valence-corrected chi connectivity index (χ4v) is 3.44. The molecule has 2 aromatic heterocycles. The van der Waals surface area contributed by atoms with Gasteiger partial charge in [-0.1, -0.05) is 27.7 Å². The first kappa shape index (κ1) is 11.8. The van der Waals surface area contributed by atoms with Crippen LogP contribution in [0.25, 0.3) is 9.88 Å². The number of hydrogen-bond acceptors (Lipinski definition) is 3. The number of hydrogen-bond donors (Lipinski definition) is 0. The predicted molar refractivity (Wildman–Crippen MR) is 73.6 cm³/mol. The van der Waals surface area contributed by atoms with Crippen molar-refractivity contribution < 1.29 is 0 Å². The lowest BCUT2D eigenvalue weighted by atomic mass is 10.2. The molecule has 0 saturated heterocycles. The third-order valence-corrected chi connectivity index (χ3v) is 5.35. The Morgan fingerprint density at radius 1 is 0.938 bits per heavy atom. The maximum Gasteiger partial charge on any atom is 0.133 e. The van der Waals surface area contributed by atoms with E-state index in [4.69, 9.17) is 0 Å². The van der Waals surface area contributed by atoms with Gasteiger partial charge in [-0.25, -0.2) is 4.98 Å². The second kappa shape index (κ2) is 4.68. The molecule has 2 aromatic rings. The second-order valence-corrected chi connectivity index (χ2v) is 6.76. The summed E-state index contributed by atoms with van der Waals surface area (Å²) < 4.78 is 0. The Morgan fingerprint density at radius 3 is 2.12 bits per heavy atom. The van der Waals surface area contributed by atoms with Crippen LogP contribution in [0.1, 0.15) is 49.3 Å². The van der Waals surface area contributed by atoms with Gasteiger partial charge in [-0.2, -0.15) is 0 Å². The van der Waals surface area contributed by atoms with Crippen LogP contribution in [0, 0.1) is 0 Å². The van der Waals surface area contributed by atoms with E-state index in [2.05, 4.69) is 44.8 Å². The smallest absolute Gasteiger partial charge is 0.133 e. The third-order valence-electron chi connectivity index (χ3n) is 2.50. The van der Waals surface area contributed by atoms with E-state index in [-0.39, 0.29) is 0 Å². The Bertz CT molecular complexity index is 421. The lowest BCUT2D eigenvalue weighted by Crippen LogP contribution is -1.77. The van der Waals surface area contributed by atoms with E-state index in [0.717, 1.165) is 0 Å². The molecule has 0 amide bonds. The Morgan fingerprint density at radius 2 is 1.62 bits per heavy atom. The van der Waals surface area contributed by atoms with E-state index < -0.39 is 0 Å². The molecule has 1 nitrogen and oxygen atoms in total. The van der Waals surface area contributed by atoms with Gasteiger partial charge in [0.1, 0.15) is 5.01 Å². The lowest BCUT2D eigenvalue weighted by Gasteiger charge is -1.97. The molecule has 0 radical (unpaired) electrons. The third kappa shape index (κ3) is 2.36. The Labute approximate surface area is 105 Å². The van der Waals surface area contributed by atoms with E-state index in [1.807, 2.05) is 28.9 Å². The first-order chi connectivity index (χ1) is 7.58. The van der Waals surface area contributed by atoms with Crippen molar-refractivity contribution in [3.8, 4) is 9.88 Å². The van der Waals surface area contributed by atoms with Crippen molar-refractivity contribution >= 4 is 22.7 Å². The molecule has 0 fully saturated rings. The zero-order valence-electron chi connectivity index (χ0n) is 10.2. The van der Waals surface area contributed by atoms with Crippen LogP contribution in [0.5, 0.6) is 0 Å². The molecule has 0 aliphatic heterocycles. The standard InChI is InChI=1S/C13H17NS2/c1-8(2)10-5-6-11(15-10)13-14-7-12(16-13)9(3)4/h5-9H,1-4H3. The van der Waals surface area contributed by atoms with E-state index in [1.54, 1.807) is 0 Å². The molecule has 2 rings (SSSR count). The highest BCUT2D eigenvalue weighted by Crippen LogP contribution is 2.35. The molecule has 0 aliphatic rings. The predicted octanol–water partition coefficient (Wildman–Crippen LogP) is 5.12. The number of rotatable bonds is 3. The van der Waals surface area contributed by atoms with Crippen LogP contribution in [-0.4, -0.2) is 4.98 Å². The lowest BCUT2D eigenvalue weighted by molar-refractivity contribution is 0.885. The van der Waals surface area contributed by atoms with Crippen molar-refractivity contribution in [3.05, 3.63) is 28.1 Å². The van der Waals surface area contributed by atoms with E-state index in [1.165, 1.54) is 19.6 Å². The molecule has 0 aliphatic carbocycles. The van der Waals surface area contributed by atoms with Crippen molar-refractivity contribution in [2.45, 2.75) is 39.5 Å². The van der Waals surface area contributed by atoms with Crippen LogP contribution in [0.3, 0.4) is 0 Å². The highest BCUT2D eigenvalue weighted by Gasteiger charge is 2.10. The SMILES string of the molecule is CC(C)c1ccc(-c2ncc(C(C)C)s2)s1. The van der Waals surface area contributed by atoms with Crippen LogP contribution in [0.4, 0.5) is 0 Å². The van der Waals surface area contributed by atoms with Gasteiger partial charge in [0.2, 0.25) is 0 Å². The van der Waals surface area contributed by atoms with Crippen LogP contribution >= 0.6 is 22.7 Å². The largest absolute Gasteiger partial charge is 0.243 e. The molecular weight excluding hydrogens is 234 g/mol. The summed E-state index contributed by atoms with van der Waals surface area (Å²) in [7, 11) is 0. The van der Waals surface area contributed by atoms with Gasteiger partial charge in [0, 0.05) is 16.0 Å². The molecule has 0 atom stereocenters. The Kier molecular flexibility index (Phi) is 3.45. The summed E-state index contributed by atoms with van der Waals surface area (Å²) in [6.07, 6.45) is 2.01. The van der Waals surface area contributed by atoms with Crippen molar-refractivity contribution in [1.82, 2.24) is 4.98 Å². The quantitative estimate of drug-likeness (QED) is 0.738. The summed E-state index contributed by atoms with van der Waals surface area (Å²) in [6, 6.07) is 4.42. The molecular formula is C13H17NS2. The van der Waals surface area contributed by atoms with E-state index in [9.17, 15) is 0 Å². The highest BCUT2D eigenvalue weighted by molar-refractivity contribution is 7.21. The highest BCUT2D eigenvalue weighted by atomic mass is 32.1. The minimum Gasteiger partial charge on any atom is -0.243 e. The van der Waals surface area contributed by atoms with Crippen LogP contribution in [-0.2, 0) is 0 Å². The van der Waals surface area contributed by atoms with Gasteiger partial charge >= 0.3 is 0 Å². The summed E-state index contributed by atoms with van der Waals surface area (Å²) in [5, 5.41) is 1.17. The maximum absolute atomic E-state index is 4.51. The molecule has 0 saturated carbocycles. The van der Waals surface area contributed by atoms with Gasteiger partial charge in [0.05, 0.1) is 4.88 Å². The van der Waals surface area contributed by atoms with Crippen LogP contribution < -0.4 is 0 Å². The van der Waals surface area contributed by atoms with Crippen molar-refractivity contribution in [1.29, 1.82) is 0 Å². The van der Waals surface area contributed by atoms with Gasteiger partial charge in [-0.3, -0.25) is 0 Å². The van der Waals surface area contributed by atoms with Crippen molar-refractivity contribution in [2.24, 2.45) is 0 Å². The number of aromatic nitrogens is 1. The average molecular weight is 251 g/mol. The zero-order valence-corrected chi connectivity index (χ0v) is 11.8. The summed E-state index contributed by atoms with van der Waals surface area (Å²) in [4.78, 5) is 8.63. The maximum atomic E-state index is 4.51.